The largest absolute Gasteiger partial charge is 0.481 e. The maximum absolute atomic E-state index is 15.2. The van der Waals surface area contributed by atoms with Crippen LogP contribution in [0.15, 0.2) is 30.3 Å². The monoisotopic (exact) mass is 574 g/mol. The van der Waals surface area contributed by atoms with Crippen molar-refractivity contribution in [2.24, 2.45) is 0 Å². The standard InChI is InChI=1S/C25H21Cl2FN6O3S/c1-13-31-34-23-17(29-25(34)38-13)8-10-33(22(23)15-5-4-14(26)11-16(15)28)21(36)12-37-18-6-7-19(30-24(18)27)32-9-2-3-20(32)35/h4-7,11,22H,2-3,8-10,12H2,1H3. The van der Waals surface area contributed by atoms with Gasteiger partial charge >= 0.3 is 0 Å². The topological polar surface area (TPSA) is 92.9 Å². The number of nitrogens with zero attached hydrogens (tertiary/aromatic N) is 6. The number of aromatic nitrogens is 4. The van der Waals surface area contributed by atoms with Crippen molar-refractivity contribution in [3.8, 4) is 5.75 Å². The Bertz CT molecular complexity index is 1590. The second-order valence-corrected chi connectivity index (χ2v) is 11.0. The minimum absolute atomic E-state index is 0.00774. The fourth-order valence-corrected chi connectivity index (χ4v) is 6.08. The molecule has 1 unspecified atom stereocenters. The van der Waals surface area contributed by atoms with Crippen molar-refractivity contribution in [2.45, 2.75) is 32.2 Å². The number of anilines is 1. The maximum atomic E-state index is 15.2. The van der Waals surface area contributed by atoms with Crippen molar-refractivity contribution >= 4 is 57.1 Å². The van der Waals surface area contributed by atoms with Crippen LogP contribution in [0.5, 0.6) is 5.75 Å². The number of hydrogen-bond donors (Lipinski definition) is 0. The lowest BCUT2D eigenvalue weighted by Gasteiger charge is -2.35. The Hall–Kier alpha value is -3.28. The van der Waals surface area contributed by atoms with E-state index in [1.54, 1.807) is 38.6 Å². The number of carbonyl (C=O) groups is 2. The molecule has 1 aromatic carbocycles. The second kappa shape index (κ2) is 9.79. The zero-order valence-electron chi connectivity index (χ0n) is 20.2. The van der Waals surface area contributed by atoms with E-state index in [1.807, 2.05) is 6.92 Å². The summed E-state index contributed by atoms with van der Waals surface area (Å²) in [6.45, 7) is 2.42. The van der Waals surface area contributed by atoms with Crippen LogP contribution in [-0.2, 0) is 16.0 Å². The van der Waals surface area contributed by atoms with Crippen molar-refractivity contribution in [2.75, 3.05) is 24.6 Å². The number of imidazole rings is 1. The smallest absolute Gasteiger partial charge is 0.261 e. The number of amides is 2. The molecule has 9 nitrogen and oxygen atoms in total. The molecule has 0 saturated carbocycles. The molecule has 4 aromatic rings. The number of carbonyl (C=O) groups excluding carboxylic acids is 2. The fraction of sp³-hybridized carbons (Fsp3) is 0.320. The van der Waals surface area contributed by atoms with Crippen molar-refractivity contribution in [3.63, 3.8) is 0 Å². The van der Waals surface area contributed by atoms with Gasteiger partial charge in [0.15, 0.2) is 17.5 Å². The molecule has 196 valence electrons. The second-order valence-electron chi connectivity index (χ2n) is 9.06. The predicted octanol–water partition coefficient (Wildman–Crippen LogP) is 4.62. The first-order chi connectivity index (χ1) is 18.3. The number of ether oxygens (including phenoxy) is 1. The Morgan fingerprint density at radius 1 is 1.18 bits per heavy atom. The molecule has 1 saturated heterocycles. The number of benzene rings is 1. The third kappa shape index (κ3) is 4.38. The zero-order valence-corrected chi connectivity index (χ0v) is 22.5. The summed E-state index contributed by atoms with van der Waals surface area (Å²) in [5.41, 5.74) is 1.70. The molecule has 2 amide bonds. The van der Waals surface area contributed by atoms with E-state index in [0.29, 0.717) is 42.4 Å². The maximum Gasteiger partial charge on any atom is 0.261 e. The highest BCUT2D eigenvalue weighted by Crippen LogP contribution is 2.38. The molecular weight excluding hydrogens is 554 g/mol. The minimum Gasteiger partial charge on any atom is -0.481 e. The van der Waals surface area contributed by atoms with Gasteiger partial charge in [-0.05, 0) is 37.6 Å². The van der Waals surface area contributed by atoms with Gasteiger partial charge in [-0.15, -0.1) is 0 Å². The van der Waals surface area contributed by atoms with E-state index in [9.17, 15) is 9.59 Å². The van der Waals surface area contributed by atoms with E-state index in [2.05, 4.69) is 15.1 Å². The molecule has 0 bridgehead atoms. The summed E-state index contributed by atoms with van der Waals surface area (Å²) < 4.78 is 22.7. The molecule has 0 radical (unpaired) electrons. The Morgan fingerprint density at radius 3 is 2.76 bits per heavy atom. The van der Waals surface area contributed by atoms with Crippen LogP contribution in [-0.4, -0.2) is 56.0 Å². The number of rotatable bonds is 5. The van der Waals surface area contributed by atoms with Crippen LogP contribution >= 0.6 is 34.5 Å². The number of aryl methyl sites for hydroxylation is 1. The highest BCUT2D eigenvalue weighted by molar-refractivity contribution is 7.16. The van der Waals surface area contributed by atoms with Gasteiger partial charge < -0.3 is 9.64 Å². The number of halogens is 3. The molecule has 0 spiro atoms. The molecule has 1 atom stereocenters. The van der Waals surface area contributed by atoms with Gasteiger partial charge in [-0.25, -0.2) is 18.9 Å². The third-order valence-corrected chi connectivity index (χ3v) is 7.98. The minimum atomic E-state index is -0.777. The zero-order chi connectivity index (χ0) is 26.6. The summed E-state index contributed by atoms with van der Waals surface area (Å²) >= 11 is 13.8. The number of pyridine rings is 1. The van der Waals surface area contributed by atoms with Gasteiger partial charge in [-0.2, -0.15) is 5.10 Å². The van der Waals surface area contributed by atoms with E-state index in [1.165, 1.54) is 17.4 Å². The molecule has 3 aromatic heterocycles. The summed E-state index contributed by atoms with van der Waals surface area (Å²) in [5, 5.41) is 5.67. The first-order valence-electron chi connectivity index (χ1n) is 12.0. The van der Waals surface area contributed by atoms with Crippen LogP contribution in [0.4, 0.5) is 10.2 Å². The van der Waals surface area contributed by atoms with E-state index >= 15 is 4.39 Å². The molecule has 2 aliphatic rings. The van der Waals surface area contributed by atoms with E-state index in [-0.39, 0.29) is 39.9 Å². The average molecular weight is 575 g/mol. The summed E-state index contributed by atoms with van der Waals surface area (Å²) in [7, 11) is 0. The Morgan fingerprint density at radius 2 is 2.03 bits per heavy atom. The first kappa shape index (κ1) is 25.0. The van der Waals surface area contributed by atoms with Gasteiger partial charge in [0.25, 0.3) is 5.91 Å². The summed E-state index contributed by atoms with van der Waals surface area (Å²) in [5.74, 6) is -0.251. The third-order valence-electron chi connectivity index (χ3n) is 6.65. The van der Waals surface area contributed by atoms with Gasteiger partial charge in [0, 0.05) is 36.5 Å². The van der Waals surface area contributed by atoms with Gasteiger partial charge in [0.1, 0.15) is 22.7 Å². The van der Waals surface area contributed by atoms with E-state index in [0.717, 1.165) is 17.1 Å². The van der Waals surface area contributed by atoms with Crippen LogP contribution in [0.1, 0.15) is 40.8 Å². The van der Waals surface area contributed by atoms with Gasteiger partial charge in [-0.3, -0.25) is 14.5 Å². The van der Waals surface area contributed by atoms with Gasteiger partial charge in [0.2, 0.25) is 10.9 Å². The number of fused-ring (bicyclic) bond motifs is 3. The molecule has 13 heteroatoms. The van der Waals surface area contributed by atoms with Crippen LogP contribution in [0.25, 0.3) is 4.96 Å². The molecule has 2 aliphatic heterocycles. The lowest BCUT2D eigenvalue weighted by atomic mass is 9.95. The fourth-order valence-electron chi connectivity index (χ4n) is 4.95. The average Bonchev–Trinajstić information content (AvgIpc) is 3.56. The van der Waals surface area contributed by atoms with Crippen molar-refractivity contribution < 1.29 is 18.7 Å². The molecule has 5 heterocycles. The Labute approximate surface area is 230 Å². The Balaban J connectivity index is 1.29. The molecular formula is C25H21Cl2FN6O3S. The molecule has 1 fully saturated rings. The van der Waals surface area contributed by atoms with E-state index < -0.39 is 11.9 Å². The molecule has 38 heavy (non-hydrogen) atoms. The highest BCUT2D eigenvalue weighted by Gasteiger charge is 2.38. The number of hydrogen-bond acceptors (Lipinski definition) is 7. The lowest BCUT2D eigenvalue weighted by molar-refractivity contribution is -0.135. The SMILES string of the molecule is Cc1nn2c3c(nc2s1)CCN(C(=O)COc1ccc(N2CCCC2=O)nc1Cl)C3c1ccc(Cl)cc1F. The lowest BCUT2D eigenvalue weighted by Crippen LogP contribution is -2.43. The normalized spacial score (nSPS) is 17.4. The molecule has 0 aliphatic carbocycles. The first-order valence-corrected chi connectivity index (χ1v) is 13.6. The summed E-state index contributed by atoms with van der Waals surface area (Å²) in [4.78, 5) is 38.3. The summed E-state index contributed by atoms with van der Waals surface area (Å²) in [6.07, 6.45) is 1.73. The summed E-state index contributed by atoms with van der Waals surface area (Å²) in [6, 6.07) is 6.86. The van der Waals surface area contributed by atoms with Crippen LogP contribution in [0.2, 0.25) is 10.2 Å². The molecule has 0 N–H and O–H groups in total. The van der Waals surface area contributed by atoms with Crippen LogP contribution in [0.3, 0.4) is 0 Å². The van der Waals surface area contributed by atoms with Gasteiger partial charge in [0.05, 0.1) is 11.4 Å². The highest BCUT2D eigenvalue weighted by atomic mass is 35.5. The predicted molar refractivity (Wildman–Crippen MR) is 141 cm³/mol. The molecule has 6 rings (SSSR count). The van der Waals surface area contributed by atoms with Crippen molar-refractivity contribution in [3.05, 3.63) is 68.3 Å². The van der Waals surface area contributed by atoms with Crippen molar-refractivity contribution in [1.82, 2.24) is 24.5 Å². The Kier molecular flexibility index (Phi) is 6.45. The van der Waals surface area contributed by atoms with Crippen LogP contribution < -0.4 is 9.64 Å². The van der Waals surface area contributed by atoms with E-state index in [4.69, 9.17) is 27.9 Å². The van der Waals surface area contributed by atoms with Crippen molar-refractivity contribution in [1.29, 1.82) is 0 Å². The van der Waals surface area contributed by atoms with Gasteiger partial charge in [-0.1, -0.05) is 40.6 Å². The van der Waals surface area contributed by atoms with Crippen LogP contribution in [0, 0.1) is 12.7 Å². The quantitative estimate of drug-likeness (QED) is 0.323.